The first kappa shape index (κ1) is 20.6. The van der Waals surface area contributed by atoms with Gasteiger partial charge in [0.2, 0.25) is 0 Å². The Labute approximate surface area is 170 Å². The van der Waals surface area contributed by atoms with E-state index in [1.54, 1.807) is 19.1 Å². The van der Waals surface area contributed by atoms with Crippen LogP contribution < -0.4 is 5.32 Å². The van der Waals surface area contributed by atoms with E-state index in [4.69, 9.17) is 4.74 Å². The van der Waals surface area contributed by atoms with E-state index in [0.29, 0.717) is 5.56 Å². The molecule has 1 heterocycles. The van der Waals surface area contributed by atoms with E-state index in [0.717, 1.165) is 4.90 Å². The molecule has 2 aromatic carbocycles. The predicted octanol–water partition coefficient (Wildman–Crippen LogP) is 2.07. The van der Waals surface area contributed by atoms with Crippen molar-refractivity contribution in [3.05, 3.63) is 69.3 Å². The molecular formula is C20H17N3O7. The number of fused-ring (bicyclic) bond motifs is 1. The maximum absolute atomic E-state index is 12.4. The Balaban J connectivity index is 1.61. The third kappa shape index (κ3) is 3.88. The van der Waals surface area contributed by atoms with Crippen molar-refractivity contribution in [1.82, 2.24) is 4.90 Å². The number of esters is 1. The van der Waals surface area contributed by atoms with Crippen molar-refractivity contribution in [1.29, 1.82) is 0 Å². The number of carbonyl (C=O) groups excluding carboxylic acids is 4. The number of amides is 3. The number of nitrogens with zero attached hydrogens (tertiary/aromatic N) is 2. The molecule has 1 N–H and O–H groups in total. The van der Waals surface area contributed by atoms with Crippen LogP contribution in [-0.2, 0) is 14.3 Å². The maximum Gasteiger partial charge on any atom is 0.329 e. The van der Waals surface area contributed by atoms with E-state index in [1.807, 2.05) is 0 Å². The fourth-order valence-corrected chi connectivity index (χ4v) is 2.97. The van der Waals surface area contributed by atoms with Gasteiger partial charge in [0.25, 0.3) is 23.4 Å². The molecule has 0 aliphatic carbocycles. The molecule has 2 aromatic rings. The monoisotopic (exact) mass is 411 g/mol. The molecule has 0 saturated carbocycles. The lowest BCUT2D eigenvalue weighted by Crippen LogP contribution is -2.44. The standard InChI is InChI=1S/C20H17N3O7/c1-11-7-8-13(23(28)29)9-16(11)21-17(24)10-30-20(27)12(2)22-18(25)14-5-3-4-6-15(14)19(22)26/h3-9,12H,10H2,1-2H3,(H,21,24)/t12-/m1/s1. The van der Waals surface area contributed by atoms with Crippen LogP contribution in [0.2, 0.25) is 0 Å². The molecule has 0 bridgehead atoms. The largest absolute Gasteiger partial charge is 0.454 e. The third-order valence-corrected chi connectivity index (χ3v) is 4.61. The highest BCUT2D eigenvalue weighted by molar-refractivity contribution is 6.22. The minimum Gasteiger partial charge on any atom is -0.454 e. The maximum atomic E-state index is 12.4. The lowest BCUT2D eigenvalue weighted by atomic mass is 10.1. The summed E-state index contributed by atoms with van der Waals surface area (Å²) in [5.41, 5.74) is 0.979. The van der Waals surface area contributed by atoms with E-state index >= 15 is 0 Å². The number of benzene rings is 2. The average molecular weight is 411 g/mol. The van der Waals surface area contributed by atoms with Gasteiger partial charge < -0.3 is 10.1 Å². The number of imide groups is 1. The summed E-state index contributed by atoms with van der Waals surface area (Å²) in [6.45, 7) is 2.29. The molecule has 154 valence electrons. The van der Waals surface area contributed by atoms with Crippen LogP contribution in [0.5, 0.6) is 0 Å². The SMILES string of the molecule is Cc1ccc([N+](=O)[O-])cc1NC(=O)COC(=O)[C@@H](C)N1C(=O)c2ccccc2C1=O. The average Bonchev–Trinajstić information content (AvgIpc) is 2.97. The second-order valence-corrected chi connectivity index (χ2v) is 6.61. The lowest BCUT2D eigenvalue weighted by molar-refractivity contribution is -0.384. The molecule has 10 heteroatoms. The third-order valence-electron chi connectivity index (χ3n) is 4.61. The van der Waals surface area contributed by atoms with E-state index in [9.17, 15) is 29.3 Å². The summed E-state index contributed by atoms with van der Waals surface area (Å²) in [4.78, 5) is 60.3. The van der Waals surface area contributed by atoms with Gasteiger partial charge in [-0.3, -0.25) is 29.4 Å². The highest BCUT2D eigenvalue weighted by atomic mass is 16.6. The van der Waals surface area contributed by atoms with Crippen molar-refractivity contribution in [3.63, 3.8) is 0 Å². The fourth-order valence-electron chi connectivity index (χ4n) is 2.97. The number of anilines is 1. The number of nitro benzene ring substituents is 1. The molecule has 3 rings (SSSR count). The first-order valence-electron chi connectivity index (χ1n) is 8.89. The van der Waals surface area contributed by atoms with Crippen LogP contribution in [-0.4, -0.2) is 46.2 Å². The molecule has 0 spiro atoms. The van der Waals surface area contributed by atoms with Crippen LogP contribution in [0.4, 0.5) is 11.4 Å². The predicted molar refractivity (Wildman–Crippen MR) is 104 cm³/mol. The number of hydrogen-bond acceptors (Lipinski definition) is 7. The number of nitrogens with one attached hydrogen (secondary N) is 1. The number of ether oxygens (including phenoxy) is 1. The van der Waals surface area contributed by atoms with Gasteiger partial charge >= 0.3 is 5.97 Å². The van der Waals surface area contributed by atoms with Gasteiger partial charge in [-0.15, -0.1) is 0 Å². The lowest BCUT2D eigenvalue weighted by Gasteiger charge is -2.20. The van der Waals surface area contributed by atoms with Crippen LogP contribution in [0.3, 0.4) is 0 Å². The molecule has 30 heavy (non-hydrogen) atoms. The summed E-state index contributed by atoms with van der Waals surface area (Å²) < 4.78 is 4.93. The Morgan fingerprint density at radius 3 is 2.30 bits per heavy atom. The van der Waals surface area contributed by atoms with Gasteiger partial charge in [-0.2, -0.15) is 0 Å². The number of hydrogen-bond donors (Lipinski definition) is 1. The minimum absolute atomic E-state index is 0.195. The first-order valence-corrected chi connectivity index (χ1v) is 8.89. The summed E-state index contributed by atoms with van der Waals surface area (Å²) in [6.07, 6.45) is 0. The highest BCUT2D eigenvalue weighted by Crippen LogP contribution is 2.25. The Bertz CT molecular complexity index is 1040. The zero-order valence-corrected chi connectivity index (χ0v) is 16.1. The van der Waals surface area contributed by atoms with Crippen LogP contribution in [0.1, 0.15) is 33.2 Å². The number of aryl methyl sites for hydroxylation is 1. The van der Waals surface area contributed by atoms with Gasteiger partial charge in [-0.25, -0.2) is 4.79 Å². The fraction of sp³-hybridized carbons (Fsp3) is 0.200. The van der Waals surface area contributed by atoms with Crippen molar-refractivity contribution in [2.45, 2.75) is 19.9 Å². The van der Waals surface area contributed by atoms with E-state index < -0.39 is 41.3 Å². The molecule has 1 aliphatic rings. The van der Waals surface area contributed by atoms with Gasteiger partial charge in [-0.05, 0) is 31.5 Å². The van der Waals surface area contributed by atoms with Gasteiger partial charge in [0.15, 0.2) is 6.61 Å². The zero-order chi connectivity index (χ0) is 22.0. The molecule has 0 saturated heterocycles. The second-order valence-electron chi connectivity index (χ2n) is 6.61. The molecule has 1 aliphatic heterocycles. The van der Waals surface area contributed by atoms with Gasteiger partial charge in [0.05, 0.1) is 21.7 Å². The van der Waals surface area contributed by atoms with Crippen molar-refractivity contribution in [2.75, 3.05) is 11.9 Å². The van der Waals surface area contributed by atoms with Crippen molar-refractivity contribution < 1.29 is 28.8 Å². The van der Waals surface area contributed by atoms with Crippen LogP contribution in [0.15, 0.2) is 42.5 Å². The summed E-state index contributed by atoms with van der Waals surface area (Å²) in [6, 6.07) is 8.93. The van der Waals surface area contributed by atoms with Crippen molar-refractivity contribution in [3.8, 4) is 0 Å². The zero-order valence-electron chi connectivity index (χ0n) is 16.1. The normalized spacial score (nSPS) is 13.6. The highest BCUT2D eigenvalue weighted by Gasteiger charge is 2.41. The summed E-state index contributed by atoms with van der Waals surface area (Å²) in [5, 5.41) is 13.3. The summed E-state index contributed by atoms with van der Waals surface area (Å²) in [7, 11) is 0. The van der Waals surface area contributed by atoms with Crippen molar-refractivity contribution >= 4 is 35.1 Å². The van der Waals surface area contributed by atoms with Crippen LogP contribution in [0.25, 0.3) is 0 Å². The number of carbonyl (C=O) groups is 4. The Hall–Kier alpha value is -4.08. The van der Waals surface area contributed by atoms with Crippen LogP contribution in [0, 0.1) is 17.0 Å². The molecule has 0 radical (unpaired) electrons. The Morgan fingerprint density at radius 2 is 1.73 bits per heavy atom. The molecule has 0 fully saturated rings. The van der Waals surface area contributed by atoms with Gasteiger partial charge in [0.1, 0.15) is 6.04 Å². The second kappa shape index (κ2) is 8.11. The molecule has 1 atom stereocenters. The molecule has 3 amide bonds. The van der Waals surface area contributed by atoms with Crippen LogP contribution >= 0.6 is 0 Å². The van der Waals surface area contributed by atoms with E-state index in [1.165, 1.54) is 37.3 Å². The molecule has 10 nitrogen and oxygen atoms in total. The van der Waals surface area contributed by atoms with Gasteiger partial charge in [-0.1, -0.05) is 18.2 Å². The summed E-state index contributed by atoms with van der Waals surface area (Å²) in [5.74, 6) is -2.88. The minimum atomic E-state index is -1.23. The molecular weight excluding hydrogens is 394 g/mol. The Kier molecular flexibility index (Phi) is 5.58. The smallest absolute Gasteiger partial charge is 0.329 e. The van der Waals surface area contributed by atoms with Crippen molar-refractivity contribution in [2.24, 2.45) is 0 Å². The topological polar surface area (TPSA) is 136 Å². The van der Waals surface area contributed by atoms with Gasteiger partial charge in [0, 0.05) is 12.1 Å². The molecule has 0 unspecified atom stereocenters. The Morgan fingerprint density at radius 1 is 1.13 bits per heavy atom. The quantitative estimate of drug-likeness (QED) is 0.333. The number of nitro groups is 1. The van der Waals surface area contributed by atoms with E-state index in [-0.39, 0.29) is 22.5 Å². The molecule has 0 aromatic heterocycles. The number of non-ortho nitro benzene ring substituents is 1. The summed E-state index contributed by atoms with van der Waals surface area (Å²) >= 11 is 0. The number of rotatable bonds is 6. The first-order chi connectivity index (χ1) is 14.2. The van der Waals surface area contributed by atoms with E-state index in [2.05, 4.69) is 5.32 Å².